The molecule has 0 spiro atoms. The molecule has 15 heavy (non-hydrogen) atoms. The van der Waals surface area contributed by atoms with Gasteiger partial charge in [0.25, 0.3) is 0 Å². The van der Waals surface area contributed by atoms with E-state index in [2.05, 4.69) is 17.4 Å². The lowest BCUT2D eigenvalue weighted by Gasteiger charge is -2.09. The molecule has 0 aromatic heterocycles. The van der Waals surface area contributed by atoms with Crippen LogP contribution in [0.3, 0.4) is 0 Å². The Morgan fingerprint density at radius 1 is 1.00 bits per heavy atom. The molecule has 0 unspecified atom stereocenters. The highest BCUT2D eigenvalue weighted by Gasteiger charge is 2.02. The van der Waals surface area contributed by atoms with Crippen LogP contribution in [0.25, 0.3) is 11.1 Å². The Balaban J connectivity index is 2.53. The van der Waals surface area contributed by atoms with Crippen molar-refractivity contribution in [1.29, 1.82) is 0 Å². The summed E-state index contributed by atoms with van der Waals surface area (Å²) in [4.78, 5) is 0. The summed E-state index contributed by atoms with van der Waals surface area (Å²) in [6.07, 6.45) is 0. The molecule has 0 aliphatic rings. The highest BCUT2D eigenvalue weighted by molar-refractivity contribution is 5.80. The van der Waals surface area contributed by atoms with Crippen molar-refractivity contribution >= 4 is 11.4 Å². The lowest BCUT2D eigenvalue weighted by molar-refractivity contribution is 1.50. The van der Waals surface area contributed by atoms with Crippen molar-refractivity contribution in [2.75, 3.05) is 18.1 Å². The molecule has 76 valence electrons. The fourth-order valence-electron chi connectivity index (χ4n) is 1.64. The van der Waals surface area contributed by atoms with Crippen molar-refractivity contribution in [3.63, 3.8) is 0 Å². The summed E-state index contributed by atoms with van der Waals surface area (Å²) in [7, 11) is 1.90. The van der Waals surface area contributed by atoms with Crippen LogP contribution in [0, 0.1) is 0 Å². The predicted molar refractivity (Wildman–Crippen MR) is 65.8 cm³/mol. The van der Waals surface area contributed by atoms with Crippen LogP contribution in [-0.4, -0.2) is 7.05 Å². The van der Waals surface area contributed by atoms with Gasteiger partial charge in [0.15, 0.2) is 0 Å². The maximum atomic E-state index is 5.74. The summed E-state index contributed by atoms with van der Waals surface area (Å²) < 4.78 is 0. The minimum Gasteiger partial charge on any atom is -0.399 e. The lowest BCUT2D eigenvalue weighted by atomic mass is 10.0. The van der Waals surface area contributed by atoms with Gasteiger partial charge in [0.2, 0.25) is 0 Å². The molecule has 0 aliphatic heterocycles. The summed E-state index contributed by atoms with van der Waals surface area (Å²) in [5.74, 6) is 0. The standard InChI is InChI=1S/C13H14N2/c1-15-13-9-11(14)7-8-12(13)10-5-3-2-4-6-10/h2-9,15H,14H2,1H3. The van der Waals surface area contributed by atoms with Crippen LogP contribution in [0.1, 0.15) is 0 Å². The van der Waals surface area contributed by atoms with Crippen molar-refractivity contribution < 1.29 is 0 Å². The molecule has 2 heteroatoms. The maximum absolute atomic E-state index is 5.74. The summed E-state index contributed by atoms with van der Waals surface area (Å²) >= 11 is 0. The van der Waals surface area contributed by atoms with Gasteiger partial charge in [-0.3, -0.25) is 0 Å². The first-order chi connectivity index (χ1) is 7.31. The van der Waals surface area contributed by atoms with Crippen molar-refractivity contribution in [1.82, 2.24) is 0 Å². The number of hydrogen-bond donors (Lipinski definition) is 2. The molecule has 0 bridgehead atoms. The third kappa shape index (κ3) is 1.94. The van der Waals surface area contributed by atoms with Gasteiger partial charge in [-0.1, -0.05) is 36.4 Å². The summed E-state index contributed by atoms with van der Waals surface area (Å²) in [6, 6.07) is 16.2. The molecular weight excluding hydrogens is 184 g/mol. The number of rotatable bonds is 2. The molecule has 0 aliphatic carbocycles. The molecule has 0 radical (unpaired) electrons. The van der Waals surface area contributed by atoms with Crippen LogP contribution in [0.4, 0.5) is 11.4 Å². The zero-order valence-electron chi connectivity index (χ0n) is 8.70. The fourth-order valence-corrected chi connectivity index (χ4v) is 1.64. The van der Waals surface area contributed by atoms with Gasteiger partial charge >= 0.3 is 0 Å². The monoisotopic (exact) mass is 198 g/mol. The van der Waals surface area contributed by atoms with Crippen molar-refractivity contribution in [3.8, 4) is 11.1 Å². The molecule has 0 heterocycles. The van der Waals surface area contributed by atoms with Gasteiger partial charge in [0.05, 0.1) is 0 Å². The van der Waals surface area contributed by atoms with Gasteiger partial charge in [0, 0.05) is 24.0 Å². The second-order valence-electron chi connectivity index (χ2n) is 3.42. The fraction of sp³-hybridized carbons (Fsp3) is 0.0769. The minimum atomic E-state index is 0.777. The second-order valence-corrected chi connectivity index (χ2v) is 3.42. The SMILES string of the molecule is CNc1cc(N)ccc1-c1ccccc1. The Morgan fingerprint density at radius 3 is 2.40 bits per heavy atom. The predicted octanol–water partition coefficient (Wildman–Crippen LogP) is 2.98. The van der Waals surface area contributed by atoms with E-state index in [1.54, 1.807) is 0 Å². The molecule has 0 fully saturated rings. The van der Waals surface area contributed by atoms with Crippen LogP contribution in [0.5, 0.6) is 0 Å². The average molecular weight is 198 g/mol. The Morgan fingerprint density at radius 2 is 1.73 bits per heavy atom. The molecular formula is C13H14N2. The third-order valence-electron chi connectivity index (χ3n) is 2.40. The molecule has 2 aromatic rings. The van der Waals surface area contributed by atoms with Crippen LogP contribution in [0.2, 0.25) is 0 Å². The largest absolute Gasteiger partial charge is 0.399 e. The van der Waals surface area contributed by atoms with Crippen LogP contribution >= 0.6 is 0 Å². The Bertz CT molecular complexity index is 449. The lowest BCUT2D eigenvalue weighted by Crippen LogP contribution is -1.94. The van der Waals surface area contributed by atoms with Crippen molar-refractivity contribution in [2.24, 2.45) is 0 Å². The van der Waals surface area contributed by atoms with E-state index < -0.39 is 0 Å². The molecule has 0 amide bonds. The van der Waals surface area contributed by atoms with Gasteiger partial charge in [-0.2, -0.15) is 0 Å². The normalized spacial score (nSPS) is 9.93. The Kier molecular flexibility index (Phi) is 2.59. The van der Waals surface area contributed by atoms with Crippen LogP contribution in [-0.2, 0) is 0 Å². The maximum Gasteiger partial charge on any atom is 0.0437 e. The van der Waals surface area contributed by atoms with E-state index in [-0.39, 0.29) is 0 Å². The number of nitrogens with two attached hydrogens (primary N) is 1. The first-order valence-corrected chi connectivity index (χ1v) is 4.94. The van der Waals surface area contributed by atoms with E-state index in [0.29, 0.717) is 0 Å². The van der Waals surface area contributed by atoms with Crippen molar-refractivity contribution in [3.05, 3.63) is 48.5 Å². The van der Waals surface area contributed by atoms with Gasteiger partial charge in [-0.05, 0) is 17.7 Å². The number of hydrogen-bond acceptors (Lipinski definition) is 2. The minimum absolute atomic E-state index is 0.777. The van der Waals surface area contributed by atoms with E-state index in [1.807, 2.05) is 43.4 Å². The molecule has 0 saturated carbocycles. The molecule has 2 nitrogen and oxygen atoms in total. The van der Waals surface area contributed by atoms with Crippen molar-refractivity contribution in [2.45, 2.75) is 0 Å². The molecule has 3 N–H and O–H groups in total. The molecule has 2 rings (SSSR count). The number of anilines is 2. The zero-order valence-corrected chi connectivity index (χ0v) is 8.70. The van der Waals surface area contributed by atoms with Gasteiger partial charge < -0.3 is 11.1 Å². The highest BCUT2D eigenvalue weighted by atomic mass is 14.8. The van der Waals surface area contributed by atoms with Crippen LogP contribution < -0.4 is 11.1 Å². The van der Waals surface area contributed by atoms with Gasteiger partial charge in [-0.25, -0.2) is 0 Å². The zero-order chi connectivity index (χ0) is 10.7. The number of benzene rings is 2. The summed E-state index contributed by atoms with van der Waals surface area (Å²) in [5.41, 5.74) is 9.94. The molecule has 0 saturated heterocycles. The summed E-state index contributed by atoms with van der Waals surface area (Å²) in [6.45, 7) is 0. The average Bonchev–Trinajstić information content (AvgIpc) is 2.30. The van der Waals surface area contributed by atoms with Gasteiger partial charge in [-0.15, -0.1) is 0 Å². The topological polar surface area (TPSA) is 38.0 Å². The number of nitrogen functional groups attached to an aromatic ring is 1. The first-order valence-electron chi connectivity index (χ1n) is 4.94. The Hall–Kier alpha value is -1.96. The molecule has 2 aromatic carbocycles. The van der Waals surface area contributed by atoms with Gasteiger partial charge in [0.1, 0.15) is 0 Å². The summed E-state index contributed by atoms with van der Waals surface area (Å²) in [5, 5.41) is 3.15. The van der Waals surface area contributed by atoms with E-state index in [4.69, 9.17) is 5.73 Å². The van der Waals surface area contributed by atoms with E-state index in [9.17, 15) is 0 Å². The molecule has 0 atom stereocenters. The first kappa shape index (κ1) is 9.59. The third-order valence-corrected chi connectivity index (χ3v) is 2.40. The second kappa shape index (κ2) is 4.05. The highest BCUT2D eigenvalue weighted by Crippen LogP contribution is 2.29. The smallest absolute Gasteiger partial charge is 0.0437 e. The quantitative estimate of drug-likeness (QED) is 0.728. The van der Waals surface area contributed by atoms with E-state index in [0.717, 1.165) is 11.4 Å². The number of nitrogens with one attached hydrogen (secondary N) is 1. The van der Waals surface area contributed by atoms with Crippen LogP contribution in [0.15, 0.2) is 48.5 Å². The van der Waals surface area contributed by atoms with E-state index in [1.165, 1.54) is 11.1 Å². The Labute approximate surface area is 89.7 Å². The van der Waals surface area contributed by atoms with E-state index >= 15 is 0 Å².